The van der Waals surface area contributed by atoms with Gasteiger partial charge >= 0.3 is 0 Å². The average Bonchev–Trinajstić information content (AvgIpc) is 3.05. The van der Waals surface area contributed by atoms with Gasteiger partial charge in [0, 0.05) is 30.8 Å². The molecule has 2 atom stereocenters. The number of aromatic amines is 2. The van der Waals surface area contributed by atoms with E-state index in [-0.39, 0.29) is 29.6 Å². The van der Waals surface area contributed by atoms with Crippen LogP contribution in [-0.2, 0) is 6.42 Å². The highest BCUT2D eigenvalue weighted by Crippen LogP contribution is 2.22. The maximum absolute atomic E-state index is 12.4. The zero-order valence-corrected chi connectivity index (χ0v) is 12.2. The SMILES string of the molecule is Cc1cc(C[C@@H]2CN(C(=O)c3cccc(=O)[nH]3)C[C@H]2O)n[nH]1. The molecule has 7 heteroatoms. The average molecular weight is 302 g/mol. The molecule has 0 aliphatic carbocycles. The molecule has 3 heterocycles. The first-order valence-corrected chi connectivity index (χ1v) is 7.20. The molecule has 3 rings (SSSR count). The minimum absolute atomic E-state index is 0.0536. The number of aryl methyl sites for hydroxylation is 1. The third-order valence-electron chi connectivity index (χ3n) is 3.92. The number of pyridine rings is 1. The minimum atomic E-state index is -0.587. The normalized spacial score (nSPS) is 21.3. The highest BCUT2D eigenvalue weighted by Gasteiger charge is 2.35. The van der Waals surface area contributed by atoms with E-state index < -0.39 is 6.10 Å². The zero-order valence-electron chi connectivity index (χ0n) is 12.2. The molecule has 1 amide bonds. The Morgan fingerprint density at radius 1 is 1.45 bits per heavy atom. The van der Waals surface area contributed by atoms with Crippen molar-refractivity contribution in [2.75, 3.05) is 13.1 Å². The van der Waals surface area contributed by atoms with Crippen LogP contribution in [0.15, 0.2) is 29.1 Å². The Bertz CT molecular complexity index is 736. The number of nitrogens with zero attached hydrogens (tertiary/aromatic N) is 2. The van der Waals surface area contributed by atoms with Crippen molar-refractivity contribution < 1.29 is 9.90 Å². The van der Waals surface area contributed by atoms with Crippen LogP contribution in [0.25, 0.3) is 0 Å². The van der Waals surface area contributed by atoms with Crippen molar-refractivity contribution in [2.45, 2.75) is 19.4 Å². The maximum atomic E-state index is 12.4. The lowest BCUT2D eigenvalue weighted by atomic mass is 10.0. The van der Waals surface area contributed by atoms with Gasteiger partial charge in [0.15, 0.2) is 0 Å². The van der Waals surface area contributed by atoms with Crippen molar-refractivity contribution in [3.05, 3.63) is 51.7 Å². The molecule has 3 N–H and O–H groups in total. The van der Waals surface area contributed by atoms with Gasteiger partial charge in [-0.15, -0.1) is 0 Å². The second-order valence-electron chi connectivity index (χ2n) is 5.71. The van der Waals surface area contributed by atoms with Crippen molar-refractivity contribution in [3.63, 3.8) is 0 Å². The van der Waals surface area contributed by atoms with Crippen molar-refractivity contribution >= 4 is 5.91 Å². The molecule has 0 saturated carbocycles. The molecule has 1 saturated heterocycles. The third-order valence-corrected chi connectivity index (χ3v) is 3.92. The summed E-state index contributed by atoms with van der Waals surface area (Å²) >= 11 is 0. The van der Waals surface area contributed by atoms with E-state index in [1.165, 1.54) is 6.07 Å². The largest absolute Gasteiger partial charge is 0.391 e. The highest BCUT2D eigenvalue weighted by atomic mass is 16.3. The van der Waals surface area contributed by atoms with Crippen LogP contribution in [-0.4, -0.2) is 50.3 Å². The van der Waals surface area contributed by atoms with Gasteiger partial charge in [0.25, 0.3) is 5.91 Å². The summed E-state index contributed by atoms with van der Waals surface area (Å²) in [6.07, 6.45) is 0.0250. The molecule has 7 nitrogen and oxygen atoms in total. The van der Waals surface area contributed by atoms with E-state index in [4.69, 9.17) is 0 Å². The van der Waals surface area contributed by atoms with Crippen LogP contribution in [0, 0.1) is 12.8 Å². The lowest BCUT2D eigenvalue weighted by Crippen LogP contribution is -2.31. The van der Waals surface area contributed by atoms with Crippen molar-refractivity contribution in [1.82, 2.24) is 20.1 Å². The quantitative estimate of drug-likeness (QED) is 0.747. The van der Waals surface area contributed by atoms with Gasteiger partial charge in [-0.1, -0.05) is 6.07 Å². The second-order valence-corrected chi connectivity index (χ2v) is 5.71. The summed E-state index contributed by atoms with van der Waals surface area (Å²) in [6.45, 7) is 2.63. The summed E-state index contributed by atoms with van der Waals surface area (Å²) < 4.78 is 0. The number of aliphatic hydroxyl groups is 1. The van der Waals surface area contributed by atoms with Crippen LogP contribution in [0.3, 0.4) is 0 Å². The van der Waals surface area contributed by atoms with Crippen LogP contribution >= 0.6 is 0 Å². The van der Waals surface area contributed by atoms with Gasteiger partial charge < -0.3 is 15.0 Å². The molecule has 0 spiro atoms. The molecule has 2 aromatic heterocycles. The van der Waals surface area contributed by atoms with Crippen LogP contribution in [0.4, 0.5) is 0 Å². The predicted molar refractivity (Wildman–Crippen MR) is 79.5 cm³/mol. The number of hydrogen-bond acceptors (Lipinski definition) is 4. The summed E-state index contributed by atoms with van der Waals surface area (Å²) in [5.74, 6) is -0.320. The van der Waals surface area contributed by atoms with Crippen molar-refractivity contribution in [3.8, 4) is 0 Å². The molecule has 1 aliphatic rings. The van der Waals surface area contributed by atoms with E-state index in [1.54, 1.807) is 17.0 Å². The smallest absolute Gasteiger partial charge is 0.270 e. The number of β-amino-alcohol motifs (C(OH)–C–C–N with tert-alkyl or cyclic N) is 1. The topological polar surface area (TPSA) is 102 Å². The Morgan fingerprint density at radius 3 is 2.95 bits per heavy atom. The summed E-state index contributed by atoms with van der Waals surface area (Å²) in [5, 5.41) is 17.2. The van der Waals surface area contributed by atoms with Gasteiger partial charge in [-0.2, -0.15) is 5.10 Å². The first-order valence-electron chi connectivity index (χ1n) is 7.20. The lowest BCUT2D eigenvalue weighted by Gasteiger charge is -2.15. The monoisotopic (exact) mass is 302 g/mol. The van der Waals surface area contributed by atoms with E-state index in [1.807, 2.05) is 13.0 Å². The number of H-pyrrole nitrogens is 2. The van der Waals surface area contributed by atoms with Crippen LogP contribution in [0.2, 0.25) is 0 Å². The van der Waals surface area contributed by atoms with E-state index in [0.29, 0.717) is 13.0 Å². The fourth-order valence-electron chi connectivity index (χ4n) is 2.81. The predicted octanol–water partition coefficient (Wildman–Crippen LogP) is 0.0820. The molecule has 0 aromatic carbocycles. The molecule has 1 fully saturated rings. The molecule has 1 aliphatic heterocycles. The number of hydrogen-bond donors (Lipinski definition) is 3. The number of carbonyl (C=O) groups excluding carboxylic acids is 1. The maximum Gasteiger partial charge on any atom is 0.270 e. The molecular formula is C15H18N4O3. The van der Waals surface area contributed by atoms with Crippen LogP contribution < -0.4 is 5.56 Å². The Balaban J connectivity index is 1.70. The Hall–Kier alpha value is -2.41. The lowest BCUT2D eigenvalue weighted by molar-refractivity contribution is 0.0758. The van der Waals surface area contributed by atoms with Gasteiger partial charge in [0.05, 0.1) is 11.8 Å². The molecule has 0 bridgehead atoms. The third kappa shape index (κ3) is 2.94. The van der Waals surface area contributed by atoms with E-state index >= 15 is 0 Å². The first kappa shape index (κ1) is 14.5. The number of carbonyl (C=O) groups is 1. The molecule has 0 unspecified atom stereocenters. The molecule has 0 radical (unpaired) electrons. The van der Waals surface area contributed by atoms with Gasteiger partial charge in [0.2, 0.25) is 5.56 Å². The molecule has 2 aromatic rings. The molecule has 22 heavy (non-hydrogen) atoms. The summed E-state index contributed by atoms with van der Waals surface area (Å²) in [5.41, 5.74) is 1.78. The Morgan fingerprint density at radius 2 is 2.27 bits per heavy atom. The fraction of sp³-hybridized carbons (Fsp3) is 0.400. The fourth-order valence-corrected chi connectivity index (χ4v) is 2.81. The highest BCUT2D eigenvalue weighted by molar-refractivity contribution is 5.92. The number of nitrogens with one attached hydrogen (secondary N) is 2. The Kier molecular flexibility index (Phi) is 3.81. The number of aromatic nitrogens is 3. The summed E-state index contributed by atoms with van der Waals surface area (Å²) in [6, 6.07) is 6.41. The standard InChI is InChI=1S/C15H18N4O3/c1-9-5-11(18-17-9)6-10-7-19(8-13(10)20)15(22)12-3-2-4-14(21)16-12/h2-5,10,13,20H,6-8H2,1H3,(H,16,21)(H,17,18)/t10-,13-/m1/s1. The van der Waals surface area contributed by atoms with Gasteiger partial charge in [-0.25, -0.2) is 0 Å². The first-order chi connectivity index (χ1) is 10.5. The molecular weight excluding hydrogens is 284 g/mol. The van der Waals surface area contributed by atoms with Crippen molar-refractivity contribution in [2.24, 2.45) is 5.92 Å². The van der Waals surface area contributed by atoms with Crippen LogP contribution in [0.1, 0.15) is 21.9 Å². The summed E-state index contributed by atoms with van der Waals surface area (Å²) in [4.78, 5) is 27.8. The number of amides is 1. The van der Waals surface area contributed by atoms with Gasteiger partial charge in [0.1, 0.15) is 5.69 Å². The second kappa shape index (κ2) is 5.76. The van der Waals surface area contributed by atoms with E-state index in [2.05, 4.69) is 15.2 Å². The van der Waals surface area contributed by atoms with E-state index in [0.717, 1.165) is 11.4 Å². The number of likely N-dealkylation sites (tertiary alicyclic amines) is 1. The van der Waals surface area contributed by atoms with Gasteiger partial charge in [-0.05, 0) is 25.5 Å². The molecule has 116 valence electrons. The zero-order chi connectivity index (χ0) is 15.7. The number of rotatable bonds is 3. The Labute approximate surface area is 127 Å². The van der Waals surface area contributed by atoms with Crippen molar-refractivity contribution in [1.29, 1.82) is 0 Å². The number of aliphatic hydroxyl groups excluding tert-OH is 1. The van der Waals surface area contributed by atoms with Crippen LogP contribution in [0.5, 0.6) is 0 Å². The van der Waals surface area contributed by atoms with Gasteiger partial charge in [-0.3, -0.25) is 14.7 Å². The summed E-state index contributed by atoms with van der Waals surface area (Å²) in [7, 11) is 0. The minimum Gasteiger partial charge on any atom is -0.391 e. The van der Waals surface area contributed by atoms with E-state index in [9.17, 15) is 14.7 Å².